The minimum absolute atomic E-state index is 0.0784. The number of nitrogens with one attached hydrogen (secondary N) is 1. The molecule has 0 heterocycles. The van der Waals surface area contributed by atoms with Crippen molar-refractivity contribution in [2.75, 3.05) is 11.9 Å². The van der Waals surface area contributed by atoms with E-state index in [1.54, 1.807) is 18.2 Å². The number of anilines is 1. The van der Waals surface area contributed by atoms with Gasteiger partial charge in [0.25, 0.3) is 0 Å². The standard InChI is InChI=1S/C21H18Cl3N3O5S2/c22-14-4-8-17(9-5-14)34(31,32)27(12-18-19(23)2-1-3-20(18)24)13-21(28)26-15-6-10-16(11-7-15)33(25,29)30/h1-11H,12-13H2,(H,26,28)(H2,25,29,30). The normalized spacial score (nSPS) is 12.0. The van der Waals surface area contributed by atoms with E-state index in [9.17, 15) is 21.6 Å². The van der Waals surface area contributed by atoms with Crippen LogP contribution in [0.2, 0.25) is 15.1 Å². The van der Waals surface area contributed by atoms with E-state index in [1.807, 2.05) is 0 Å². The molecule has 0 aliphatic rings. The quantitative estimate of drug-likeness (QED) is 0.427. The third-order valence-corrected chi connectivity index (χ3v) is 8.33. The van der Waals surface area contributed by atoms with Crippen molar-refractivity contribution in [3.63, 3.8) is 0 Å². The first-order valence-corrected chi connectivity index (χ1v) is 13.6. The second-order valence-corrected chi connectivity index (χ2v) is 11.8. The Bertz CT molecular complexity index is 1390. The number of amides is 1. The number of benzene rings is 3. The van der Waals surface area contributed by atoms with E-state index < -0.39 is 32.5 Å². The van der Waals surface area contributed by atoms with Crippen LogP contribution >= 0.6 is 34.8 Å². The number of sulfonamides is 2. The van der Waals surface area contributed by atoms with E-state index >= 15 is 0 Å². The summed E-state index contributed by atoms with van der Waals surface area (Å²) >= 11 is 18.3. The van der Waals surface area contributed by atoms with Crippen molar-refractivity contribution in [2.24, 2.45) is 5.14 Å². The lowest BCUT2D eigenvalue weighted by molar-refractivity contribution is -0.116. The Kier molecular flexibility index (Phi) is 8.25. The largest absolute Gasteiger partial charge is 0.325 e. The first kappa shape index (κ1) is 26.4. The minimum Gasteiger partial charge on any atom is -0.325 e. The third kappa shape index (κ3) is 6.48. The fourth-order valence-electron chi connectivity index (χ4n) is 2.93. The molecule has 0 saturated heterocycles. The molecule has 0 saturated carbocycles. The molecule has 0 aliphatic heterocycles. The van der Waals surface area contributed by atoms with E-state index in [1.165, 1.54) is 48.5 Å². The van der Waals surface area contributed by atoms with E-state index in [2.05, 4.69) is 5.32 Å². The molecule has 0 bridgehead atoms. The second kappa shape index (κ2) is 10.6. The van der Waals surface area contributed by atoms with Crippen LogP contribution in [0.1, 0.15) is 5.56 Å². The summed E-state index contributed by atoms with van der Waals surface area (Å²) in [5.74, 6) is -0.677. The highest BCUT2D eigenvalue weighted by Crippen LogP contribution is 2.28. The van der Waals surface area contributed by atoms with Crippen molar-refractivity contribution < 1.29 is 21.6 Å². The molecule has 0 unspecified atom stereocenters. The fourth-order valence-corrected chi connectivity index (χ4v) is 5.45. The number of carbonyl (C=O) groups excluding carboxylic acids is 1. The highest BCUT2D eigenvalue weighted by atomic mass is 35.5. The summed E-state index contributed by atoms with van der Waals surface area (Å²) in [4.78, 5) is 12.5. The van der Waals surface area contributed by atoms with Gasteiger partial charge in [0.05, 0.1) is 16.3 Å². The fraction of sp³-hybridized carbons (Fsp3) is 0.0952. The summed E-state index contributed by atoms with van der Waals surface area (Å²) in [7, 11) is -8.06. The summed E-state index contributed by atoms with van der Waals surface area (Å²) in [6.45, 7) is -0.856. The number of carbonyl (C=O) groups is 1. The van der Waals surface area contributed by atoms with E-state index in [0.29, 0.717) is 10.6 Å². The van der Waals surface area contributed by atoms with Crippen molar-refractivity contribution in [3.05, 3.63) is 87.4 Å². The van der Waals surface area contributed by atoms with Crippen molar-refractivity contribution in [2.45, 2.75) is 16.3 Å². The van der Waals surface area contributed by atoms with Gasteiger partial charge >= 0.3 is 0 Å². The molecule has 0 spiro atoms. The van der Waals surface area contributed by atoms with Crippen molar-refractivity contribution in [3.8, 4) is 0 Å². The molecular weight excluding hydrogens is 545 g/mol. The van der Waals surface area contributed by atoms with Gasteiger partial charge in [0.1, 0.15) is 0 Å². The average Bonchev–Trinajstić information content (AvgIpc) is 2.75. The van der Waals surface area contributed by atoms with Gasteiger partial charge in [-0.15, -0.1) is 0 Å². The van der Waals surface area contributed by atoms with E-state index in [-0.39, 0.29) is 32.1 Å². The Labute approximate surface area is 212 Å². The van der Waals surface area contributed by atoms with E-state index in [0.717, 1.165) is 4.31 Å². The molecule has 34 heavy (non-hydrogen) atoms. The SMILES string of the molecule is NS(=O)(=O)c1ccc(NC(=O)CN(Cc2c(Cl)cccc2Cl)S(=O)(=O)c2ccc(Cl)cc2)cc1. The van der Waals surface area contributed by atoms with Gasteiger partial charge in [-0.3, -0.25) is 4.79 Å². The Balaban J connectivity index is 1.90. The number of hydrogen-bond acceptors (Lipinski definition) is 5. The third-order valence-electron chi connectivity index (χ3n) is 4.63. The van der Waals surface area contributed by atoms with Crippen LogP contribution in [0.4, 0.5) is 5.69 Å². The predicted octanol–water partition coefficient (Wildman–Crippen LogP) is 4.12. The molecule has 13 heteroatoms. The smallest absolute Gasteiger partial charge is 0.243 e. The molecule has 0 atom stereocenters. The van der Waals surface area contributed by atoms with Gasteiger partial charge in [-0.1, -0.05) is 40.9 Å². The molecule has 1 amide bonds. The first-order chi connectivity index (χ1) is 15.9. The Morgan fingerprint density at radius 2 is 1.35 bits per heavy atom. The lowest BCUT2D eigenvalue weighted by Gasteiger charge is -2.23. The van der Waals surface area contributed by atoms with Gasteiger partial charge in [0, 0.05) is 32.9 Å². The summed E-state index contributed by atoms with van der Waals surface area (Å²) < 4.78 is 50.4. The molecule has 3 aromatic rings. The summed E-state index contributed by atoms with van der Waals surface area (Å²) in [6.07, 6.45) is 0. The van der Waals surface area contributed by atoms with Gasteiger partial charge < -0.3 is 5.32 Å². The molecule has 0 aromatic heterocycles. The zero-order valence-corrected chi connectivity index (χ0v) is 21.2. The van der Waals surface area contributed by atoms with Gasteiger partial charge in [-0.05, 0) is 60.7 Å². The molecule has 8 nitrogen and oxygen atoms in total. The summed E-state index contributed by atoms with van der Waals surface area (Å²) in [5, 5.41) is 8.42. The van der Waals surface area contributed by atoms with Gasteiger partial charge in [-0.2, -0.15) is 4.31 Å². The Hall–Kier alpha value is -2.18. The van der Waals surface area contributed by atoms with Crippen LogP contribution in [0.15, 0.2) is 76.5 Å². The number of primary sulfonamides is 1. The first-order valence-electron chi connectivity index (χ1n) is 9.49. The maximum absolute atomic E-state index is 13.3. The zero-order chi connectivity index (χ0) is 25.1. The van der Waals surface area contributed by atoms with Crippen LogP contribution in [-0.2, 0) is 31.4 Å². The van der Waals surface area contributed by atoms with E-state index in [4.69, 9.17) is 39.9 Å². The topological polar surface area (TPSA) is 127 Å². The summed E-state index contributed by atoms with van der Waals surface area (Å²) in [5.41, 5.74) is 0.575. The van der Waals surface area contributed by atoms with Gasteiger partial charge in [0.2, 0.25) is 26.0 Å². The number of halogens is 3. The average molecular weight is 563 g/mol. The van der Waals surface area contributed by atoms with Crippen LogP contribution in [0.3, 0.4) is 0 Å². The van der Waals surface area contributed by atoms with Gasteiger partial charge in [0.15, 0.2) is 0 Å². The Morgan fingerprint density at radius 3 is 1.88 bits per heavy atom. The molecule has 0 fully saturated rings. The second-order valence-electron chi connectivity index (χ2n) is 7.04. The molecular formula is C21H18Cl3N3O5S2. The molecule has 180 valence electrons. The lowest BCUT2D eigenvalue weighted by atomic mass is 10.2. The molecule has 3 N–H and O–H groups in total. The molecule has 0 aliphatic carbocycles. The number of nitrogens with two attached hydrogens (primary N) is 1. The lowest BCUT2D eigenvalue weighted by Crippen LogP contribution is -2.37. The maximum atomic E-state index is 13.3. The molecule has 0 radical (unpaired) electrons. The van der Waals surface area contributed by atoms with Gasteiger partial charge in [-0.25, -0.2) is 22.0 Å². The number of nitrogens with zero attached hydrogens (tertiary/aromatic N) is 1. The highest BCUT2D eigenvalue weighted by Gasteiger charge is 2.28. The zero-order valence-electron chi connectivity index (χ0n) is 17.3. The monoisotopic (exact) mass is 561 g/mol. The van der Waals surface area contributed by atoms with Crippen LogP contribution in [-0.4, -0.2) is 33.6 Å². The highest BCUT2D eigenvalue weighted by molar-refractivity contribution is 7.89. The van der Waals surface area contributed by atoms with Crippen molar-refractivity contribution in [1.82, 2.24) is 4.31 Å². The Morgan fingerprint density at radius 1 is 0.824 bits per heavy atom. The van der Waals surface area contributed by atoms with Crippen molar-refractivity contribution >= 4 is 66.4 Å². The molecule has 3 rings (SSSR count). The molecule has 3 aromatic carbocycles. The van der Waals surface area contributed by atoms with Crippen LogP contribution in [0, 0.1) is 0 Å². The van der Waals surface area contributed by atoms with Crippen LogP contribution < -0.4 is 10.5 Å². The van der Waals surface area contributed by atoms with Crippen LogP contribution in [0.5, 0.6) is 0 Å². The van der Waals surface area contributed by atoms with Crippen LogP contribution in [0.25, 0.3) is 0 Å². The number of hydrogen-bond donors (Lipinski definition) is 2. The minimum atomic E-state index is -4.16. The predicted molar refractivity (Wildman–Crippen MR) is 132 cm³/mol. The summed E-state index contributed by atoms with van der Waals surface area (Å²) in [6, 6.07) is 15.3. The van der Waals surface area contributed by atoms with Crippen molar-refractivity contribution in [1.29, 1.82) is 0 Å². The maximum Gasteiger partial charge on any atom is 0.243 e. The number of rotatable bonds is 8.